The second kappa shape index (κ2) is 5.10. The molecule has 21 heavy (non-hydrogen) atoms. The van der Waals surface area contributed by atoms with E-state index >= 15 is 0 Å². The number of hydrogen-bond acceptors (Lipinski definition) is 5. The van der Waals surface area contributed by atoms with Crippen LogP contribution in [0, 0.1) is 11.3 Å². The molecule has 5 nitrogen and oxygen atoms in total. The third-order valence-electron chi connectivity index (χ3n) is 3.35. The first-order valence-electron chi connectivity index (χ1n) is 6.39. The normalized spacial score (nSPS) is 13.5. The van der Waals surface area contributed by atoms with Gasteiger partial charge in [-0.2, -0.15) is 5.26 Å². The Morgan fingerprint density at radius 3 is 2.90 bits per heavy atom. The van der Waals surface area contributed by atoms with Crippen LogP contribution in [0.15, 0.2) is 47.7 Å². The molecular weight excluding hydrogens is 264 g/mol. The first-order chi connectivity index (χ1) is 10.2. The number of phenols is 1. The summed E-state index contributed by atoms with van der Waals surface area (Å²) < 4.78 is 0. The van der Waals surface area contributed by atoms with Crippen LogP contribution in [0.2, 0.25) is 0 Å². The molecule has 0 saturated carbocycles. The lowest BCUT2D eigenvalue weighted by Crippen LogP contribution is -2.10. The molecular formula is C16H12N4O. The summed E-state index contributed by atoms with van der Waals surface area (Å²) in [6.45, 7) is 0.384. The van der Waals surface area contributed by atoms with Crippen LogP contribution in [-0.4, -0.2) is 22.3 Å². The highest BCUT2D eigenvalue weighted by Crippen LogP contribution is 2.28. The van der Waals surface area contributed by atoms with Crippen molar-refractivity contribution in [2.24, 2.45) is 10.7 Å². The number of hydrogen-bond donors (Lipinski definition) is 2. The SMILES string of the molecule is N#Cc1cccc(O)c1C1=NCC=C(N)c2cnccc21. The number of rotatable bonds is 1. The summed E-state index contributed by atoms with van der Waals surface area (Å²) in [5.74, 6) is 0.0241. The Labute approximate surface area is 121 Å². The van der Waals surface area contributed by atoms with Gasteiger partial charge in [-0.15, -0.1) is 0 Å². The van der Waals surface area contributed by atoms with Crippen molar-refractivity contribution in [3.8, 4) is 11.8 Å². The molecule has 0 aliphatic carbocycles. The van der Waals surface area contributed by atoms with Gasteiger partial charge in [-0.05, 0) is 24.3 Å². The molecule has 0 fully saturated rings. The molecule has 0 amide bonds. The van der Waals surface area contributed by atoms with Crippen molar-refractivity contribution in [1.29, 1.82) is 5.26 Å². The molecule has 102 valence electrons. The number of nitrogens with zero attached hydrogens (tertiary/aromatic N) is 3. The van der Waals surface area contributed by atoms with E-state index < -0.39 is 0 Å². The van der Waals surface area contributed by atoms with Gasteiger partial charge in [0.05, 0.1) is 29.5 Å². The van der Waals surface area contributed by atoms with Crippen LogP contribution in [0.25, 0.3) is 5.70 Å². The Hall–Kier alpha value is -3.13. The highest BCUT2D eigenvalue weighted by Gasteiger charge is 2.20. The first-order valence-corrected chi connectivity index (χ1v) is 6.39. The van der Waals surface area contributed by atoms with Gasteiger partial charge >= 0.3 is 0 Å². The van der Waals surface area contributed by atoms with Gasteiger partial charge < -0.3 is 10.8 Å². The molecule has 0 atom stereocenters. The summed E-state index contributed by atoms with van der Waals surface area (Å²) in [5, 5.41) is 19.4. The molecule has 3 rings (SSSR count). The van der Waals surface area contributed by atoms with E-state index in [1.807, 2.05) is 0 Å². The van der Waals surface area contributed by atoms with Crippen molar-refractivity contribution >= 4 is 11.4 Å². The Morgan fingerprint density at radius 2 is 2.10 bits per heavy atom. The second-order valence-corrected chi connectivity index (χ2v) is 4.58. The van der Waals surface area contributed by atoms with Crippen molar-refractivity contribution < 1.29 is 5.11 Å². The summed E-state index contributed by atoms with van der Waals surface area (Å²) >= 11 is 0. The van der Waals surface area contributed by atoms with Crippen LogP contribution in [0.1, 0.15) is 22.3 Å². The lowest BCUT2D eigenvalue weighted by molar-refractivity contribution is 0.474. The molecule has 1 aliphatic heterocycles. The number of nitrogens with two attached hydrogens (primary N) is 1. The number of fused-ring (bicyclic) bond motifs is 1. The number of aromatic nitrogens is 1. The zero-order valence-corrected chi connectivity index (χ0v) is 11.1. The van der Waals surface area contributed by atoms with Crippen LogP contribution in [0.5, 0.6) is 5.75 Å². The Bertz CT molecular complexity index is 815. The number of benzene rings is 1. The fraction of sp³-hybridized carbons (Fsp3) is 0.0625. The Morgan fingerprint density at radius 1 is 1.24 bits per heavy atom. The van der Waals surface area contributed by atoms with E-state index in [1.165, 1.54) is 0 Å². The van der Waals surface area contributed by atoms with E-state index in [-0.39, 0.29) is 5.75 Å². The molecule has 0 radical (unpaired) electrons. The van der Waals surface area contributed by atoms with Crippen LogP contribution in [0.4, 0.5) is 0 Å². The van der Waals surface area contributed by atoms with Crippen LogP contribution < -0.4 is 5.73 Å². The zero-order valence-electron chi connectivity index (χ0n) is 11.1. The molecule has 1 aliphatic rings. The van der Waals surface area contributed by atoms with Crippen LogP contribution in [-0.2, 0) is 0 Å². The maximum absolute atomic E-state index is 10.2. The summed E-state index contributed by atoms with van der Waals surface area (Å²) in [6.07, 6.45) is 5.09. The summed E-state index contributed by atoms with van der Waals surface area (Å²) in [5.41, 5.74) is 9.47. The van der Waals surface area contributed by atoms with Crippen molar-refractivity contribution in [3.05, 3.63) is 65.0 Å². The molecule has 1 aromatic carbocycles. The molecule has 3 N–H and O–H groups in total. The Kier molecular flexibility index (Phi) is 3.13. The van der Waals surface area contributed by atoms with Gasteiger partial charge in [0.1, 0.15) is 5.75 Å². The van der Waals surface area contributed by atoms with Gasteiger partial charge in [-0.1, -0.05) is 6.07 Å². The van der Waals surface area contributed by atoms with Gasteiger partial charge in [-0.3, -0.25) is 9.98 Å². The Balaban J connectivity index is 2.29. The maximum atomic E-state index is 10.2. The third-order valence-corrected chi connectivity index (χ3v) is 3.35. The molecule has 2 heterocycles. The van der Waals surface area contributed by atoms with E-state index in [0.29, 0.717) is 29.1 Å². The number of aromatic hydroxyl groups is 1. The van der Waals surface area contributed by atoms with Crippen LogP contribution >= 0.6 is 0 Å². The average molecular weight is 276 g/mol. The smallest absolute Gasteiger partial charge is 0.126 e. The largest absolute Gasteiger partial charge is 0.507 e. The fourth-order valence-electron chi connectivity index (χ4n) is 2.36. The quantitative estimate of drug-likeness (QED) is 0.830. The minimum absolute atomic E-state index is 0.0241. The molecule has 5 heteroatoms. The number of aliphatic imine (C=N–C) groups is 1. The molecule has 0 bridgehead atoms. The van der Waals surface area contributed by atoms with E-state index in [9.17, 15) is 10.4 Å². The monoisotopic (exact) mass is 276 g/mol. The van der Waals surface area contributed by atoms with Crippen molar-refractivity contribution in [2.45, 2.75) is 0 Å². The summed E-state index contributed by atoms with van der Waals surface area (Å²) in [4.78, 5) is 8.56. The predicted octanol–water partition coefficient (Wildman–Crippen LogP) is 1.81. The van der Waals surface area contributed by atoms with Crippen molar-refractivity contribution in [3.63, 3.8) is 0 Å². The highest BCUT2D eigenvalue weighted by molar-refractivity contribution is 6.18. The minimum atomic E-state index is 0.0241. The van der Waals surface area contributed by atoms with E-state index in [1.54, 1.807) is 42.7 Å². The number of phenolic OH excluding ortho intramolecular Hbond substituents is 1. The molecule has 1 aromatic heterocycles. The summed E-state index contributed by atoms with van der Waals surface area (Å²) in [7, 11) is 0. The lowest BCUT2D eigenvalue weighted by atomic mass is 9.94. The average Bonchev–Trinajstić information content (AvgIpc) is 2.67. The zero-order chi connectivity index (χ0) is 14.8. The molecule has 0 spiro atoms. The third kappa shape index (κ3) is 2.13. The van der Waals surface area contributed by atoms with E-state index in [4.69, 9.17) is 5.73 Å². The van der Waals surface area contributed by atoms with Gasteiger partial charge in [0.2, 0.25) is 0 Å². The lowest BCUT2D eigenvalue weighted by Gasteiger charge is -2.12. The first kappa shape index (κ1) is 12.9. The maximum Gasteiger partial charge on any atom is 0.126 e. The van der Waals surface area contributed by atoms with Gasteiger partial charge in [-0.25, -0.2) is 0 Å². The fourth-order valence-corrected chi connectivity index (χ4v) is 2.36. The van der Waals surface area contributed by atoms with Gasteiger partial charge in [0, 0.05) is 29.2 Å². The molecule has 0 saturated heterocycles. The molecule has 2 aromatic rings. The highest BCUT2D eigenvalue weighted by atomic mass is 16.3. The van der Waals surface area contributed by atoms with Crippen molar-refractivity contribution in [2.75, 3.05) is 6.54 Å². The summed E-state index contributed by atoms with van der Waals surface area (Å²) in [6, 6.07) is 8.71. The minimum Gasteiger partial charge on any atom is -0.507 e. The molecule has 0 unspecified atom stereocenters. The number of pyridine rings is 1. The van der Waals surface area contributed by atoms with E-state index in [0.717, 1.165) is 11.1 Å². The van der Waals surface area contributed by atoms with E-state index in [2.05, 4.69) is 16.0 Å². The standard InChI is InChI=1S/C16H12N4O/c17-8-10-2-1-3-14(21)15(10)16-11-4-6-19-9-12(11)13(18)5-7-20-16/h1-6,9,21H,7,18H2. The second-order valence-electron chi connectivity index (χ2n) is 4.58. The van der Waals surface area contributed by atoms with Gasteiger partial charge in [0.15, 0.2) is 0 Å². The number of nitriles is 1. The topological polar surface area (TPSA) is 95.3 Å². The van der Waals surface area contributed by atoms with Crippen molar-refractivity contribution in [1.82, 2.24) is 4.98 Å². The predicted molar refractivity (Wildman–Crippen MR) is 79.7 cm³/mol. The van der Waals surface area contributed by atoms with Crippen LogP contribution in [0.3, 0.4) is 0 Å². The van der Waals surface area contributed by atoms with Gasteiger partial charge in [0.25, 0.3) is 0 Å².